The van der Waals surface area contributed by atoms with Gasteiger partial charge >= 0.3 is 0 Å². The highest BCUT2D eigenvalue weighted by molar-refractivity contribution is 7.71. The number of aliphatic hydroxyl groups excluding tert-OH is 2. The first-order valence-electron chi connectivity index (χ1n) is 7.41. The maximum atomic E-state index is 12.1. The minimum Gasteiger partial charge on any atom is -0.394 e. The number of nitrogens with one attached hydrogen (secondary N) is 1. The fourth-order valence-corrected chi connectivity index (χ4v) is 3.00. The summed E-state index contributed by atoms with van der Waals surface area (Å²) >= 11 is 5.20. The van der Waals surface area contributed by atoms with E-state index < -0.39 is 18.4 Å². The van der Waals surface area contributed by atoms with E-state index in [4.69, 9.17) is 17.0 Å². The van der Waals surface area contributed by atoms with Crippen LogP contribution in [0.5, 0.6) is 0 Å². The predicted molar refractivity (Wildman–Crippen MR) is 86.8 cm³/mol. The third-order valence-corrected chi connectivity index (χ3v) is 4.29. The smallest absolute Gasteiger partial charge is 0.255 e. The Bertz CT molecular complexity index is 787. The average molecular weight is 334 g/mol. The number of hydrogen-bond acceptors (Lipinski definition) is 5. The molecule has 0 unspecified atom stereocenters. The Morgan fingerprint density at radius 2 is 2.09 bits per heavy atom. The molecule has 1 fully saturated rings. The van der Waals surface area contributed by atoms with Crippen LogP contribution < -0.4 is 5.56 Å². The van der Waals surface area contributed by atoms with Crippen LogP contribution in [-0.2, 0) is 11.2 Å². The van der Waals surface area contributed by atoms with Crippen LogP contribution in [-0.4, -0.2) is 38.6 Å². The van der Waals surface area contributed by atoms with Crippen molar-refractivity contribution in [1.29, 1.82) is 0 Å². The number of ether oxygens (including phenoxy) is 1. The van der Waals surface area contributed by atoms with Crippen LogP contribution >= 0.6 is 12.2 Å². The highest BCUT2D eigenvalue weighted by atomic mass is 32.1. The number of aliphatic hydroxyl groups is 2. The van der Waals surface area contributed by atoms with Gasteiger partial charge in [0.25, 0.3) is 5.56 Å². The van der Waals surface area contributed by atoms with Crippen molar-refractivity contribution in [3.63, 3.8) is 0 Å². The molecule has 3 N–H and O–H groups in total. The number of aromatic nitrogens is 2. The van der Waals surface area contributed by atoms with Crippen LogP contribution in [0.3, 0.4) is 0 Å². The second-order valence-electron chi connectivity index (χ2n) is 5.60. The highest BCUT2D eigenvalue weighted by Crippen LogP contribution is 2.28. The van der Waals surface area contributed by atoms with Crippen molar-refractivity contribution in [2.45, 2.75) is 31.3 Å². The lowest BCUT2D eigenvalue weighted by Crippen LogP contribution is -2.24. The van der Waals surface area contributed by atoms with Crippen molar-refractivity contribution in [1.82, 2.24) is 9.55 Å². The zero-order valence-corrected chi connectivity index (χ0v) is 13.2. The molecule has 1 aromatic carbocycles. The average Bonchev–Trinajstić information content (AvgIpc) is 2.91. The molecule has 7 heteroatoms. The van der Waals surface area contributed by atoms with E-state index in [-0.39, 0.29) is 16.9 Å². The fourth-order valence-electron chi connectivity index (χ4n) is 2.73. The molecule has 0 amide bonds. The maximum absolute atomic E-state index is 12.1. The third kappa shape index (κ3) is 3.42. The van der Waals surface area contributed by atoms with E-state index in [0.717, 1.165) is 5.56 Å². The van der Waals surface area contributed by atoms with Crippen LogP contribution in [0.2, 0.25) is 0 Å². The van der Waals surface area contributed by atoms with Gasteiger partial charge < -0.3 is 14.9 Å². The van der Waals surface area contributed by atoms with E-state index >= 15 is 0 Å². The molecule has 3 atom stereocenters. The van der Waals surface area contributed by atoms with Gasteiger partial charge in [0, 0.05) is 24.6 Å². The van der Waals surface area contributed by atoms with E-state index in [2.05, 4.69) is 4.98 Å². The van der Waals surface area contributed by atoms with Crippen LogP contribution in [0.1, 0.15) is 23.8 Å². The van der Waals surface area contributed by atoms with Gasteiger partial charge in [-0.1, -0.05) is 30.3 Å². The second-order valence-corrected chi connectivity index (χ2v) is 5.98. The Kier molecular flexibility index (Phi) is 4.72. The summed E-state index contributed by atoms with van der Waals surface area (Å²) in [6.07, 6.45) is 0.579. The van der Waals surface area contributed by atoms with Gasteiger partial charge in [0.05, 0.1) is 12.7 Å². The summed E-state index contributed by atoms with van der Waals surface area (Å²) in [5.41, 5.74) is 1.35. The van der Waals surface area contributed by atoms with Gasteiger partial charge in [-0.3, -0.25) is 14.3 Å². The lowest BCUT2D eigenvalue weighted by Gasteiger charge is -2.16. The van der Waals surface area contributed by atoms with Gasteiger partial charge in [0.15, 0.2) is 4.77 Å². The Labute approximate surface area is 138 Å². The molecule has 122 valence electrons. The first-order valence-corrected chi connectivity index (χ1v) is 7.82. The number of benzene rings is 1. The molecule has 3 rings (SSSR count). The SMILES string of the molecule is O=c1[nH]c(=S)n([C@@H]2C[C@@H](O)[C@H](CO)O2)cc1Cc1ccccc1. The summed E-state index contributed by atoms with van der Waals surface area (Å²) in [5.74, 6) is 0. The number of rotatable bonds is 4. The minimum atomic E-state index is -0.753. The van der Waals surface area contributed by atoms with E-state index in [9.17, 15) is 15.0 Å². The summed E-state index contributed by atoms with van der Waals surface area (Å²) in [7, 11) is 0. The quantitative estimate of drug-likeness (QED) is 0.730. The number of aromatic amines is 1. The van der Waals surface area contributed by atoms with Gasteiger partial charge in [0.1, 0.15) is 12.3 Å². The zero-order chi connectivity index (χ0) is 16.4. The van der Waals surface area contributed by atoms with Crippen LogP contribution in [0.25, 0.3) is 0 Å². The monoisotopic (exact) mass is 334 g/mol. The molecule has 1 aliphatic rings. The fraction of sp³-hybridized carbons (Fsp3) is 0.375. The molecule has 23 heavy (non-hydrogen) atoms. The van der Waals surface area contributed by atoms with Gasteiger partial charge in [-0.25, -0.2) is 0 Å². The number of H-pyrrole nitrogens is 1. The Morgan fingerprint density at radius 1 is 1.35 bits per heavy atom. The molecule has 1 aliphatic heterocycles. The summed E-state index contributed by atoms with van der Waals surface area (Å²) in [4.78, 5) is 14.8. The first kappa shape index (κ1) is 16.1. The normalized spacial score (nSPS) is 24.0. The minimum absolute atomic E-state index is 0.229. The summed E-state index contributed by atoms with van der Waals surface area (Å²) in [5, 5.41) is 19.1. The number of nitrogens with zero attached hydrogens (tertiary/aromatic N) is 1. The van der Waals surface area contributed by atoms with E-state index in [0.29, 0.717) is 18.4 Å². The standard InChI is InChI=1S/C16H18N2O4S/c19-9-13-12(20)7-14(22-13)18-8-11(15(21)17-16(18)23)6-10-4-2-1-3-5-10/h1-5,8,12-14,19-20H,6-7,9H2,(H,17,21,23)/t12-,13+,14+/m1/s1. The molecule has 0 radical (unpaired) electrons. The molecule has 1 saturated heterocycles. The van der Waals surface area contributed by atoms with Crippen LogP contribution in [0, 0.1) is 4.77 Å². The van der Waals surface area contributed by atoms with Gasteiger partial charge in [0.2, 0.25) is 0 Å². The molecule has 0 saturated carbocycles. The maximum Gasteiger partial charge on any atom is 0.255 e. The molecular weight excluding hydrogens is 316 g/mol. The zero-order valence-electron chi connectivity index (χ0n) is 12.4. The largest absolute Gasteiger partial charge is 0.394 e. The van der Waals surface area contributed by atoms with E-state index in [1.807, 2.05) is 30.3 Å². The van der Waals surface area contributed by atoms with Crippen molar-refractivity contribution in [3.8, 4) is 0 Å². The molecule has 0 spiro atoms. The lowest BCUT2D eigenvalue weighted by molar-refractivity contribution is -0.0453. The molecule has 2 aromatic rings. The topological polar surface area (TPSA) is 87.5 Å². The summed E-state index contributed by atoms with van der Waals surface area (Å²) in [6.45, 7) is -0.259. The first-order chi connectivity index (χ1) is 11.1. The van der Waals surface area contributed by atoms with E-state index in [1.54, 1.807) is 10.8 Å². The van der Waals surface area contributed by atoms with Crippen LogP contribution in [0.4, 0.5) is 0 Å². The van der Waals surface area contributed by atoms with Crippen molar-refractivity contribution in [3.05, 3.63) is 62.8 Å². The third-order valence-electron chi connectivity index (χ3n) is 3.97. The van der Waals surface area contributed by atoms with Gasteiger partial charge in [-0.05, 0) is 17.8 Å². The second kappa shape index (κ2) is 6.76. The molecule has 0 bridgehead atoms. The molecule has 1 aromatic heterocycles. The molecule has 6 nitrogen and oxygen atoms in total. The Balaban J connectivity index is 1.92. The van der Waals surface area contributed by atoms with Gasteiger partial charge in [-0.15, -0.1) is 0 Å². The van der Waals surface area contributed by atoms with Gasteiger partial charge in [-0.2, -0.15) is 0 Å². The van der Waals surface area contributed by atoms with E-state index in [1.165, 1.54) is 0 Å². The molecular formula is C16H18N2O4S. The van der Waals surface area contributed by atoms with Crippen molar-refractivity contribution in [2.24, 2.45) is 0 Å². The lowest BCUT2D eigenvalue weighted by atomic mass is 10.1. The number of hydrogen-bond donors (Lipinski definition) is 3. The Morgan fingerprint density at radius 3 is 2.74 bits per heavy atom. The molecule has 2 heterocycles. The van der Waals surface area contributed by atoms with Crippen LogP contribution in [0.15, 0.2) is 41.3 Å². The van der Waals surface area contributed by atoms with Crippen molar-refractivity contribution < 1.29 is 14.9 Å². The molecule has 0 aliphatic carbocycles. The Hall–Kier alpha value is -1.80. The highest BCUT2D eigenvalue weighted by Gasteiger charge is 2.34. The summed E-state index contributed by atoms with van der Waals surface area (Å²) < 4.78 is 7.48. The van der Waals surface area contributed by atoms with Crippen molar-refractivity contribution in [2.75, 3.05) is 6.61 Å². The van der Waals surface area contributed by atoms with Crippen molar-refractivity contribution >= 4 is 12.2 Å². The summed E-state index contributed by atoms with van der Waals surface area (Å²) in [6, 6.07) is 9.65. The predicted octanol–water partition coefficient (Wildman–Crippen LogP) is 1.14.